The number of piperidine rings is 1. The maximum absolute atomic E-state index is 12.9. The molecule has 1 aromatic rings. The molecule has 0 aliphatic carbocycles. The van der Waals surface area contributed by atoms with Crippen molar-refractivity contribution in [3.8, 4) is 5.75 Å². The lowest BCUT2D eigenvalue weighted by Gasteiger charge is -2.40. The van der Waals surface area contributed by atoms with Crippen molar-refractivity contribution < 1.29 is 9.53 Å². The quantitative estimate of drug-likeness (QED) is 0.768. The molecule has 3 rings (SSSR count). The first-order valence-electron chi connectivity index (χ1n) is 7.73. The number of hydrogen-bond acceptors (Lipinski definition) is 3. The minimum Gasteiger partial charge on any atom is -0.490 e. The first-order chi connectivity index (χ1) is 10.0. The second kappa shape index (κ2) is 5.73. The molecule has 114 valence electrons. The summed E-state index contributed by atoms with van der Waals surface area (Å²) < 4.78 is 6.98. The van der Waals surface area contributed by atoms with E-state index in [1.807, 2.05) is 19.9 Å². The number of carbonyl (C=O) groups is 1. The molecule has 0 radical (unpaired) electrons. The van der Waals surface area contributed by atoms with E-state index in [0.29, 0.717) is 12.6 Å². The normalized spacial score (nSPS) is 26.4. The predicted molar refractivity (Wildman–Crippen MR) is 87.2 cm³/mol. The zero-order valence-electron chi connectivity index (χ0n) is 12.9. The highest BCUT2D eigenvalue weighted by Crippen LogP contribution is 2.36. The zero-order valence-corrected chi connectivity index (χ0v) is 14.5. The third-order valence-electron chi connectivity index (χ3n) is 4.99. The van der Waals surface area contributed by atoms with E-state index in [9.17, 15) is 4.79 Å². The first-order valence-corrected chi connectivity index (χ1v) is 8.52. The van der Waals surface area contributed by atoms with Crippen molar-refractivity contribution in [2.75, 3.05) is 13.2 Å². The van der Waals surface area contributed by atoms with Gasteiger partial charge in [-0.15, -0.1) is 0 Å². The molecule has 2 aliphatic rings. The molecule has 1 aromatic carbocycles. The van der Waals surface area contributed by atoms with Crippen LogP contribution in [-0.4, -0.2) is 35.9 Å². The summed E-state index contributed by atoms with van der Waals surface area (Å²) in [6, 6.07) is 2.27. The van der Waals surface area contributed by atoms with Crippen molar-refractivity contribution >= 4 is 21.7 Å². The zero-order chi connectivity index (χ0) is 15.1. The highest BCUT2D eigenvalue weighted by molar-refractivity contribution is 9.10. The summed E-state index contributed by atoms with van der Waals surface area (Å²) in [6.45, 7) is 7.78. The van der Waals surface area contributed by atoms with Gasteiger partial charge in [-0.1, -0.05) is 22.4 Å². The van der Waals surface area contributed by atoms with Crippen LogP contribution in [0.3, 0.4) is 0 Å². The summed E-state index contributed by atoms with van der Waals surface area (Å²) in [4.78, 5) is 15.3. The lowest BCUT2D eigenvalue weighted by atomic mass is 9.92. The molecule has 0 aromatic heterocycles. The average molecular weight is 352 g/mol. The monoisotopic (exact) mass is 351 g/mol. The molecular formula is C17H22BrNO2. The van der Waals surface area contributed by atoms with Crippen molar-refractivity contribution in [3.63, 3.8) is 0 Å². The lowest BCUT2D eigenvalue weighted by Crippen LogP contribution is -2.53. The molecule has 0 spiro atoms. The molecule has 3 nitrogen and oxygen atoms in total. The summed E-state index contributed by atoms with van der Waals surface area (Å²) in [5.74, 6) is 0.996. The van der Waals surface area contributed by atoms with E-state index in [0.717, 1.165) is 33.5 Å². The van der Waals surface area contributed by atoms with E-state index < -0.39 is 0 Å². The molecule has 2 aliphatic heterocycles. The van der Waals surface area contributed by atoms with Gasteiger partial charge in [0.25, 0.3) is 0 Å². The van der Waals surface area contributed by atoms with Gasteiger partial charge in [-0.2, -0.15) is 0 Å². The molecule has 0 saturated carbocycles. The van der Waals surface area contributed by atoms with Crippen LogP contribution in [0.1, 0.15) is 47.7 Å². The molecule has 4 heteroatoms. The van der Waals surface area contributed by atoms with Gasteiger partial charge >= 0.3 is 0 Å². The van der Waals surface area contributed by atoms with E-state index in [1.165, 1.54) is 19.3 Å². The number of ether oxygens (including phenoxy) is 1. The van der Waals surface area contributed by atoms with E-state index in [2.05, 4.69) is 27.8 Å². The van der Waals surface area contributed by atoms with E-state index >= 15 is 0 Å². The minimum atomic E-state index is -0.123. The van der Waals surface area contributed by atoms with Crippen LogP contribution < -0.4 is 4.74 Å². The fourth-order valence-corrected chi connectivity index (χ4v) is 3.99. The Bertz CT molecular complexity index is 585. The van der Waals surface area contributed by atoms with Gasteiger partial charge in [0.15, 0.2) is 5.78 Å². The Morgan fingerprint density at radius 3 is 2.76 bits per heavy atom. The van der Waals surface area contributed by atoms with Gasteiger partial charge in [0.2, 0.25) is 0 Å². The molecule has 21 heavy (non-hydrogen) atoms. The summed E-state index contributed by atoms with van der Waals surface area (Å²) in [7, 11) is 0. The summed E-state index contributed by atoms with van der Waals surface area (Å²) in [5.41, 5.74) is 2.95. The van der Waals surface area contributed by atoms with Crippen molar-refractivity contribution in [3.05, 3.63) is 27.2 Å². The fourth-order valence-electron chi connectivity index (χ4n) is 3.47. The Hall–Kier alpha value is -0.870. The molecule has 1 saturated heterocycles. The number of halogens is 1. The SMILES string of the molecule is Cc1c(Br)cc2c(c1C)OC[C@H](N1CCCC[C@H]1C)C2=O. The van der Waals surface area contributed by atoms with Crippen LogP contribution >= 0.6 is 15.9 Å². The maximum atomic E-state index is 12.9. The Labute approximate surface area is 134 Å². The average Bonchev–Trinajstić information content (AvgIpc) is 2.47. The van der Waals surface area contributed by atoms with Gasteiger partial charge in [-0.3, -0.25) is 9.69 Å². The number of benzene rings is 1. The minimum absolute atomic E-state index is 0.123. The first kappa shape index (κ1) is 15.0. The van der Waals surface area contributed by atoms with E-state index in [4.69, 9.17) is 4.74 Å². The van der Waals surface area contributed by atoms with Crippen LogP contribution in [-0.2, 0) is 0 Å². The van der Waals surface area contributed by atoms with Crippen LogP contribution in [0.4, 0.5) is 0 Å². The number of likely N-dealkylation sites (tertiary alicyclic amines) is 1. The third kappa shape index (κ3) is 2.53. The van der Waals surface area contributed by atoms with Gasteiger partial charge in [0, 0.05) is 10.5 Å². The number of Topliss-reactive ketones (excluding diaryl/α,β-unsaturated/α-hetero) is 1. The Morgan fingerprint density at radius 2 is 2.05 bits per heavy atom. The van der Waals surface area contributed by atoms with Crippen LogP contribution in [0.15, 0.2) is 10.5 Å². The number of rotatable bonds is 1. The number of ketones is 1. The predicted octanol–water partition coefficient (Wildman–Crippen LogP) is 3.88. The maximum Gasteiger partial charge on any atom is 0.187 e. The van der Waals surface area contributed by atoms with Crippen LogP contribution in [0, 0.1) is 13.8 Å². The third-order valence-corrected chi connectivity index (χ3v) is 5.81. The number of fused-ring (bicyclic) bond motifs is 1. The molecule has 0 N–H and O–H groups in total. The Kier molecular flexibility index (Phi) is 4.10. The highest BCUT2D eigenvalue weighted by Gasteiger charge is 2.37. The molecule has 2 atom stereocenters. The van der Waals surface area contributed by atoms with Gasteiger partial charge in [-0.25, -0.2) is 0 Å². The Morgan fingerprint density at radius 1 is 1.29 bits per heavy atom. The largest absolute Gasteiger partial charge is 0.490 e. The number of nitrogens with zero attached hydrogens (tertiary/aromatic N) is 1. The molecule has 1 fully saturated rings. The smallest absolute Gasteiger partial charge is 0.187 e. The second-order valence-electron chi connectivity index (χ2n) is 6.26. The molecule has 2 heterocycles. The van der Waals surface area contributed by atoms with Gasteiger partial charge in [0.05, 0.1) is 5.56 Å². The van der Waals surface area contributed by atoms with E-state index in [-0.39, 0.29) is 11.8 Å². The Balaban J connectivity index is 1.95. The van der Waals surface area contributed by atoms with E-state index in [1.54, 1.807) is 0 Å². The van der Waals surface area contributed by atoms with Crippen molar-refractivity contribution in [2.24, 2.45) is 0 Å². The lowest BCUT2D eigenvalue weighted by molar-refractivity contribution is 0.0468. The highest BCUT2D eigenvalue weighted by atomic mass is 79.9. The molecule has 0 amide bonds. The van der Waals surface area contributed by atoms with Gasteiger partial charge in [-0.05, 0) is 57.4 Å². The molecule has 0 unspecified atom stereocenters. The second-order valence-corrected chi connectivity index (χ2v) is 7.11. The van der Waals surface area contributed by atoms with Crippen LogP contribution in [0.25, 0.3) is 0 Å². The van der Waals surface area contributed by atoms with Crippen molar-refractivity contribution in [1.82, 2.24) is 4.90 Å². The topological polar surface area (TPSA) is 29.5 Å². The molecule has 0 bridgehead atoms. The standard InChI is InChI=1S/C17H22BrNO2/c1-10-6-4-5-7-19(10)15-9-21-17-12(3)11(2)14(18)8-13(17)16(15)20/h8,10,15H,4-7,9H2,1-3H3/t10-,15+/m1/s1. The summed E-state index contributed by atoms with van der Waals surface area (Å²) in [5, 5.41) is 0. The number of carbonyl (C=O) groups excluding carboxylic acids is 1. The van der Waals surface area contributed by atoms with Crippen LogP contribution in [0.2, 0.25) is 0 Å². The number of hydrogen-bond donors (Lipinski definition) is 0. The molecular weight excluding hydrogens is 330 g/mol. The fraction of sp³-hybridized carbons (Fsp3) is 0.588. The van der Waals surface area contributed by atoms with Crippen LogP contribution in [0.5, 0.6) is 5.75 Å². The summed E-state index contributed by atoms with van der Waals surface area (Å²) >= 11 is 3.56. The van der Waals surface area contributed by atoms with Crippen molar-refractivity contribution in [2.45, 2.75) is 52.1 Å². The van der Waals surface area contributed by atoms with Gasteiger partial charge in [0.1, 0.15) is 18.4 Å². The van der Waals surface area contributed by atoms with Crippen molar-refractivity contribution in [1.29, 1.82) is 0 Å². The van der Waals surface area contributed by atoms with Gasteiger partial charge < -0.3 is 4.74 Å². The summed E-state index contributed by atoms with van der Waals surface area (Å²) in [6.07, 6.45) is 3.62.